The molecular weight excluding hydrogens is 132 g/mol. The first-order valence-electron chi connectivity index (χ1n) is 6.57. The molecule has 0 bridgehead atoms. The Labute approximate surface area is 77.7 Å². The molecule has 0 fully saturated rings. The first-order valence-corrected chi connectivity index (χ1v) is 3.57. The molecule has 1 aromatic carbocycles. The van der Waals surface area contributed by atoms with Gasteiger partial charge in [-0.2, -0.15) is 0 Å². The van der Waals surface area contributed by atoms with Crippen LogP contribution < -0.4 is 0 Å². The monoisotopic (exact) mass is 154 g/mol. The highest BCUT2D eigenvalue weighted by Crippen LogP contribution is 2.07. The number of benzene rings is 1. The van der Waals surface area contributed by atoms with Gasteiger partial charge in [0.2, 0.25) is 0 Å². The fraction of sp³-hybridized carbons (Fsp3) is 0.455. The second-order valence-corrected chi connectivity index (χ2v) is 2.21. The lowest BCUT2D eigenvalue weighted by Crippen LogP contribution is -1.85. The van der Waals surface area contributed by atoms with Crippen LogP contribution in [-0.4, -0.2) is 0 Å². The summed E-state index contributed by atoms with van der Waals surface area (Å²) in [5.41, 5.74) is 0.511. The van der Waals surface area contributed by atoms with Gasteiger partial charge in [-0.25, -0.2) is 0 Å². The summed E-state index contributed by atoms with van der Waals surface area (Å²) in [4.78, 5) is 0. The molecule has 0 atom stereocenters. The highest BCUT2D eigenvalue weighted by molar-refractivity contribution is 5.23. The Morgan fingerprint density at radius 2 is 2.00 bits per heavy atom. The van der Waals surface area contributed by atoms with Crippen molar-refractivity contribution in [1.29, 1.82) is 0 Å². The molecule has 0 heterocycles. The molecule has 0 spiro atoms. The molecule has 0 aliphatic heterocycles. The van der Waals surface area contributed by atoms with Gasteiger partial charge in [0.15, 0.2) is 0 Å². The number of aryl methyl sites for hydroxylation is 2. The van der Waals surface area contributed by atoms with Crippen LogP contribution in [0.3, 0.4) is 0 Å². The van der Waals surface area contributed by atoms with Crippen LogP contribution in [0.1, 0.15) is 39.6 Å². The molecule has 1 rings (SSSR count). The maximum atomic E-state index is 7.79. The van der Waals surface area contributed by atoms with E-state index in [0.717, 1.165) is 0 Å². The van der Waals surface area contributed by atoms with Gasteiger partial charge in [0, 0.05) is 8.22 Å². The van der Waals surface area contributed by atoms with Crippen molar-refractivity contribution in [3.8, 4) is 0 Å². The largest absolute Gasteiger partial charge is 0.0651 e. The molecule has 60 valence electrons. The Hall–Kier alpha value is -0.780. The third-order valence-corrected chi connectivity index (χ3v) is 1.42. The van der Waals surface area contributed by atoms with E-state index in [-0.39, 0.29) is 5.56 Å². The third kappa shape index (κ3) is 2.38. The average Bonchev–Trinajstić information content (AvgIpc) is 2.15. The van der Waals surface area contributed by atoms with E-state index in [4.69, 9.17) is 8.22 Å². The number of hydrogen-bond acceptors (Lipinski definition) is 0. The van der Waals surface area contributed by atoms with E-state index in [1.807, 2.05) is 0 Å². The molecule has 11 heavy (non-hydrogen) atoms. The van der Waals surface area contributed by atoms with Crippen LogP contribution in [0.5, 0.6) is 0 Å². The zero-order valence-electron chi connectivity index (χ0n) is 12.8. The molecule has 0 nitrogen and oxygen atoms in total. The molecule has 0 amide bonds. The van der Waals surface area contributed by atoms with Crippen molar-refractivity contribution >= 4 is 0 Å². The van der Waals surface area contributed by atoms with Crippen LogP contribution in [-0.2, 0) is 12.7 Å². The van der Waals surface area contributed by atoms with Gasteiger partial charge in [-0.15, -0.1) is 0 Å². The highest BCUT2D eigenvalue weighted by Gasteiger charge is 1.91. The van der Waals surface area contributed by atoms with Gasteiger partial charge in [0.1, 0.15) is 0 Å². The second-order valence-electron chi connectivity index (χ2n) is 2.21. The van der Waals surface area contributed by atoms with Crippen LogP contribution in [0.4, 0.5) is 0 Å². The van der Waals surface area contributed by atoms with E-state index in [1.165, 1.54) is 26.0 Å². The molecule has 1 aromatic rings. The van der Waals surface area contributed by atoms with Gasteiger partial charge in [-0.1, -0.05) is 44.5 Å². The van der Waals surface area contributed by atoms with E-state index < -0.39 is 19.1 Å². The Balaban J connectivity index is 3.26. The molecule has 0 unspecified atom stereocenters. The summed E-state index contributed by atoms with van der Waals surface area (Å²) >= 11 is 0. The van der Waals surface area contributed by atoms with Crippen molar-refractivity contribution in [2.75, 3.05) is 0 Å². The second kappa shape index (κ2) is 4.17. The number of rotatable bonds is 3. The minimum absolute atomic E-state index is 0.160. The summed E-state index contributed by atoms with van der Waals surface area (Å²) in [7, 11) is 0. The normalized spacial score (nSPS) is 22.0. The van der Waals surface area contributed by atoms with Crippen LogP contribution in [0.25, 0.3) is 0 Å². The van der Waals surface area contributed by atoms with Crippen molar-refractivity contribution in [3.63, 3.8) is 0 Å². The third-order valence-electron chi connectivity index (χ3n) is 1.42. The molecule has 0 radical (unpaired) electrons. The zero-order chi connectivity index (χ0) is 13.5. The predicted octanol–water partition coefficient (Wildman–Crippen LogP) is 3.20. The standard InChI is InChI=1S/C11H16/c1-3-6-11-8-5-7-10(4-2)9-11/h5,7-9H,3-4,6H2,1-2H3/i3D2,4D2,6D2. The van der Waals surface area contributed by atoms with Crippen molar-refractivity contribution in [2.24, 2.45) is 0 Å². The van der Waals surface area contributed by atoms with Crippen LogP contribution in [0.15, 0.2) is 24.3 Å². The lowest BCUT2D eigenvalue weighted by atomic mass is 10.1. The Morgan fingerprint density at radius 1 is 1.27 bits per heavy atom. The minimum atomic E-state index is -2.14. The van der Waals surface area contributed by atoms with Crippen LogP contribution >= 0.6 is 0 Å². The van der Waals surface area contributed by atoms with E-state index in [9.17, 15) is 0 Å². The molecule has 0 aromatic heterocycles. The lowest BCUT2D eigenvalue weighted by molar-refractivity contribution is 0.917. The lowest BCUT2D eigenvalue weighted by Gasteiger charge is -2.00. The van der Waals surface area contributed by atoms with Gasteiger partial charge in [0.05, 0.1) is 0 Å². The SMILES string of the molecule is [2H]C([2H])(C)c1cccc(C([2H])([2H])C([2H])([2H])C)c1. The summed E-state index contributed by atoms with van der Waals surface area (Å²) in [6.45, 7) is 2.57. The fourth-order valence-electron chi connectivity index (χ4n) is 0.897. The molecule has 0 N–H and O–H groups in total. The average molecular weight is 154 g/mol. The van der Waals surface area contributed by atoms with Crippen molar-refractivity contribution < 1.29 is 8.22 Å². The molecular formula is C11H16. The maximum absolute atomic E-state index is 7.79. The van der Waals surface area contributed by atoms with Gasteiger partial charge >= 0.3 is 0 Å². The Bertz CT molecular complexity index is 399. The van der Waals surface area contributed by atoms with Crippen LogP contribution in [0.2, 0.25) is 0 Å². The summed E-state index contributed by atoms with van der Waals surface area (Å²) in [5.74, 6) is 0. The summed E-state index contributed by atoms with van der Waals surface area (Å²) in [5, 5.41) is 0. The maximum Gasteiger partial charge on any atom is 0.0316 e. The van der Waals surface area contributed by atoms with Gasteiger partial charge < -0.3 is 0 Å². The smallest absolute Gasteiger partial charge is 0.0316 e. The van der Waals surface area contributed by atoms with Crippen molar-refractivity contribution in [2.45, 2.75) is 33.0 Å². The van der Waals surface area contributed by atoms with Crippen LogP contribution in [0, 0.1) is 0 Å². The van der Waals surface area contributed by atoms with E-state index in [1.54, 1.807) is 12.1 Å². The molecule has 0 heteroatoms. The molecule has 0 saturated carbocycles. The number of hydrogen-bond donors (Lipinski definition) is 0. The van der Waals surface area contributed by atoms with E-state index in [0.29, 0.717) is 5.56 Å². The first kappa shape index (κ1) is 3.30. The van der Waals surface area contributed by atoms with Crippen molar-refractivity contribution in [3.05, 3.63) is 35.4 Å². The molecule has 0 aliphatic rings. The Kier molecular flexibility index (Phi) is 1.25. The predicted molar refractivity (Wildman–Crippen MR) is 49.8 cm³/mol. The zero-order valence-corrected chi connectivity index (χ0v) is 6.81. The van der Waals surface area contributed by atoms with Gasteiger partial charge in [0.25, 0.3) is 0 Å². The highest BCUT2D eigenvalue weighted by atomic mass is 14.0. The van der Waals surface area contributed by atoms with Crippen molar-refractivity contribution in [1.82, 2.24) is 0 Å². The minimum Gasteiger partial charge on any atom is -0.0651 e. The molecule has 0 saturated heterocycles. The van der Waals surface area contributed by atoms with E-state index >= 15 is 0 Å². The summed E-state index contributed by atoms with van der Waals surface area (Å²) in [6, 6.07) is 6.00. The van der Waals surface area contributed by atoms with Gasteiger partial charge in [-0.3, -0.25) is 0 Å². The fourth-order valence-corrected chi connectivity index (χ4v) is 0.897. The van der Waals surface area contributed by atoms with E-state index in [2.05, 4.69) is 0 Å². The quantitative estimate of drug-likeness (QED) is 0.627. The summed E-state index contributed by atoms with van der Waals surface area (Å²) < 4.78 is 45.7. The first-order chi connectivity index (χ1) is 7.46. The Morgan fingerprint density at radius 3 is 2.64 bits per heavy atom. The summed E-state index contributed by atoms with van der Waals surface area (Å²) in [6.07, 6.45) is -5.73. The molecule has 0 aliphatic carbocycles. The topological polar surface area (TPSA) is 0 Å². The van der Waals surface area contributed by atoms with Gasteiger partial charge in [-0.05, 0) is 23.9 Å².